The molecule has 0 fully saturated rings. The van der Waals surface area contributed by atoms with E-state index in [2.05, 4.69) is 5.32 Å². The molecule has 0 heterocycles. The lowest BCUT2D eigenvalue weighted by atomic mass is 10.1. The minimum Gasteiger partial charge on any atom is -0.390 e. The van der Waals surface area contributed by atoms with Gasteiger partial charge in [0.2, 0.25) is 0 Å². The van der Waals surface area contributed by atoms with E-state index in [0.717, 1.165) is 5.56 Å². The molecule has 0 amide bonds. The van der Waals surface area contributed by atoms with Crippen molar-refractivity contribution in [1.29, 1.82) is 0 Å². The van der Waals surface area contributed by atoms with Gasteiger partial charge in [-0.25, -0.2) is 4.39 Å². The first-order valence-electron chi connectivity index (χ1n) is 6.22. The van der Waals surface area contributed by atoms with Crippen LogP contribution < -0.4 is 5.32 Å². The van der Waals surface area contributed by atoms with Gasteiger partial charge in [0.15, 0.2) is 0 Å². The van der Waals surface area contributed by atoms with Crippen molar-refractivity contribution in [3.05, 3.63) is 35.1 Å². The smallest absolute Gasteiger partial charge is 0.126 e. The Morgan fingerprint density at radius 1 is 1.39 bits per heavy atom. The first-order chi connectivity index (χ1) is 8.40. The number of likely N-dealkylation sites (N-methyl/N-ethyl adjacent to an activating group) is 1. The van der Waals surface area contributed by atoms with Crippen molar-refractivity contribution in [2.45, 2.75) is 26.0 Å². The van der Waals surface area contributed by atoms with Gasteiger partial charge in [0, 0.05) is 19.1 Å². The van der Waals surface area contributed by atoms with Gasteiger partial charge in [0.25, 0.3) is 0 Å². The molecule has 18 heavy (non-hydrogen) atoms. The Bertz CT molecular complexity index is 382. The third kappa shape index (κ3) is 4.72. The molecule has 0 radical (unpaired) electrons. The van der Waals surface area contributed by atoms with Gasteiger partial charge in [0.05, 0.1) is 6.10 Å². The van der Waals surface area contributed by atoms with Crippen LogP contribution >= 0.6 is 0 Å². The van der Waals surface area contributed by atoms with Crippen molar-refractivity contribution < 1.29 is 9.50 Å². The molecule has 0 aliphatic carbocycles. The third-order valence-electron chi connectivity index (χ3n) is 2.93. The van der Waals surface area contributed by atoms with Crippen LogP contribution in [0.1, 0.15) is 24.1 Å². The summed E-state index contributed by atoms with van der Waals surface area (Å²) in [6, 6.07) is 5.26. The van der Waals surface area contributed by atoms with Crippen LogP contribution in [0.15, 0.2) is 18.2 Å². The van der Waals surface area contributed by atoms with Crippen LogP contribution in [-0.4, -0.2) is 43.3 Å². The lowest BCUT2D eigenvalue weighted by Gasteiger charge is -2.20. The summed E-state index contributed by atoms with van der Waals surface area (Å²) in [7, 11) is 3.84. The van der Waals surface area contributed by atoms with E-state index < -0.39 is 6.10 Å². The Hall–Kier alpha value is -0.970. The molecule has 0 spiro atoms. The van der Waals surface area contributed by atoms with Crippen LogP contribution in [0.4, 0.5) is 4.39 Å². The van der Waals surface area contributed by atoms with Crippen molar-refractivity contribution >= 4 is 0 Å². The summed E-state index contributed by atoms with van der Waals surface area (Å²) in [6.45, 7) is 4.82. The van der Waals surface area contributed by atoms with E-state index in [1.807, 2.05) is 32.0 Å². The highest BCUT2D eigenvalue weighted by Crippen LogP contribution is 2.16. The summed E-state index contributed by atoms with van der Waals surface area (Å²) in [6.07, 6.45) is -0.419. The van der Waals surface area contributed by atoms with Crippen LogP contribution in [0, 0.1) is 12.7 Å². The summed E-state index contributed by atoms with van der Waals surface area (Å²) in [5, 5.41) is 12.9. The van der Waals surface area contributed by atoms with Crippen molar-refractivity contribution in [1.82, 2.24) is 10.2 Å². The van der Waals surface area contributed by atoms with Gasteiger partial charge >= 0.3 is 0 Å². The van der Waals surface area contributed by atoms with Gasteiger partial charge in [-0.1, -0.05) is 12.1 Å². The highest BCUT2D eigenvalue weighted by molar-refractivity contribution is 5.25. The number of aliphatic hydroxyl groups excluding tert-OH is 1. The van der Waals surface area contributed by atoms with Gasteiger partial charge < -0.3 is 15.3 Å². The van der Waals surface area contributed by atoms with Crippen LogP contribution in [0.2, 0.25) is 0 Å². The quantitative estimate of drug-likeness (QED) is 0.811. The van der Waals surface area contributed by atoms with E-state index in [4.69, 9.17) is 0 Å². The zero-order chi connectivity index (χ0) is 13.7. The zero-order valence-corrected chi connectivity index (χ0v) is 11.6. The van der Waals surface area contributed by atoms with E-state index in [1.165, 1.54) is 0 Å². The number of aryl methyl sites for hydroxylation is 1. The molecule has 2 N–H and O–H groups in total. The number of nitrogens with zero attached hydrogens (tertiary/aromatic N) is 1. The second-order valence-corrected chi connectivity index (χ2v) is 5.05. The Morgan fingerprint density at radius 2 is 2.06 bits per heavy atom. The molecule has 0 saturated carbocycles. The number of halogens is 1. The topological polar surface area (TPSA) is 35.5 Å². The largest absolute Gasteiger partial charge is 0.390 e. The molecule has 0 bridgehead atoms. The molecule has 0 aliphatic rings. The fourth-order valence-corrected chi connectivity index (χ4v) is 1.80. The lowest BCUT2D eigenvalue weighted by molar-refractivity contribution is 0.132. The molecule has 102 valence electrons. The number of benzene rings is 1. The van der Waals surface area contributed by atoms with Crippen LogP contribution in [0.25, 0.3) is 0 Å². The maximum Gasteiger partial charge on any atom is 0.126 e. The Labute approximate surface area is 109 Å². The summed E-state index contributed by atoms with van der Waals surface area (Å²) in [4.78, 5) is 1.93. The van der Waals surface area contributed by atoms with Crippen LogP contribution in [-0.2, 0) is 0 Å². The molecule has 2 atom stereocenters. The molecule has 4 heteroatoms. The Balaban J connectivity index is 2.49. The van der Waals surface area contributed by atoms with E-state index in [1.54, 1.807) is 19.1 Å². The predicted octanol–water partition coefficient (Wildman–Crippen LogP) is 1.71. The monoisotopic (exact) mass is 254 g/mol. The SMILES string of the molecule is Cc1ccc(C(C)NCC(O)CN(C)C)cc1F. The maximum absolute atomic E-state index is 13.4. The van der Waals surface area contributed by atoms with Gasteiger partial charge in [0.1, 0.15) is 5.82 Å². The average Bonchev–Trinajstić information content (AvgIpc) is 2.28. The number of aliphatic hydroxyl groups is 1. The number of nitrogens with one attached hydrogen (secondary N) is 1. The number of rotatable bonds is 6. The number of hydrogen-bond acceptors (Lipinski definition) is 3. The molecule has 0 saturated heterocycles. The van der Waals surface area contributed by atoms with Gasteiger partial charge in [-0.2, -0.15) is 0 Å². The third-order valence-corrected chi connectivity index (χ3v) is 2.93. The van der Waals surface area contributed by atoms with E-state index >= 15 is 0 Å². The highest BCUT2D eigenvalue weighted by atomic mass is 19.1. The number of hydrogen-bond donors (Lipinski definition) is 2. The van der Waals surface area contributed by atoms with Crippen molar-refractivity contribution in [2.24, 2.45) is 0 Å². The second kappa shape index (κ2) is 6.83. The first-order valence-corrected chi connectivity index (χ1v) is 6.22. The van der Waals surface area contributed by atoms with Crippen LogP contribution in [0.5, 0.6) is 0 Å². The highest BCUT2D eigenvalue weighted by Gasteiger charge is 2.10. The summed E-state index contributed by atoms with van der Waals surface area (Å²) < 4.78 is 13.4. The summed E-state index contributed by atoms with van der Waals surface area (Å²) in [5.41, 5.74) is 1.55. The fourth-order valence-electron chi connectivity index (χ4n) is 1.80. The van der Waals surface area contributed by atoms with Crippen molar-refractivity contribution in [2.75, 3.05) is 27.2 Å². The Morgan fingerprint density at radius 3 is 2.61 bits per heavy atom. The van der Waals surface area contributed by atoms with Gasteiger partial charge in [-0.05, 0) is 45.1 Å². The lowest BCUT2D eigenvalue weighted by Crippen LogP contribution is -2.36. The molecular formula is C14H23FN2O. The van der Waals surface area contributed by atoms with Gasteiger partial charge in [-0.15, -0.1) is 0 Å². The first kappa shape index (κ1) is 15.1. The second-order valence-electron chi connectivity index (χ2n) is 5.05. The molecule has 2 unspecified atom stereocenters. The molecule has 0 aliphatic heterocycles. The molecular weight excluding hydrogens is 231 g/mol. The Kier molecular flexibility index (Phi) is 5.72. The van der Waals surface area contributed by atoms with E-state index in [0.29, 0.717) is 18.7 Å². The summed E-state index contributed by atoms with van der Waals surface area (Å²) >= 11 is 0. The van der Waals surface area contributed by atoms with Crippen molar-refractivity contribution in [3.8, 4) is 0 Å². The van der Waals surface area contributed by atoms with Crippen LogP contribution in [0.3, 0.4) is 0 Å². The van der Waals surface area contributed by atoms with Gasteiger partial charge in [-0.3, -0.25) is 0 Å². The average molecular weight is 254 g/mol. The van der Waals surface area contributed by atoms with E-state index in [9.17, 15) is 9.50 Å². The molecule has 1 aromatic carbocycles. The minimum atomic E-state index is -0.419. The predicted molar refractivity (Wildman–Crippen MR) is 72.1 cm³/mol. The summed E-state index contributed by atoms with van der Waals surface area (Å²) in [5.74, 6) is -0.185. The molecule has 0 aromatic heterocycles. The maximum atomic E-state index is 13.4. The van der Waals surface area contributed by atoms with E-state index in [-0.39, 0.29) is 11.9 Å². The molecule has 3 nitrogen and oxygen atoms in total. The zero-order valence-electron chi connectivity index (χ0n) is 11.6. The minimum absolute atomic E-state index is 0.0249. The molecule has 1 rings (SSSR count). The normalized spacial score (nSPS) is 14.8. The fraction of sp³-hybridized carbons (Fsp3) is 0.571. The molecule has 1 aromatic rings. The standard InChI is InChI=1S/C14H23FN2O/c1-10-5-6-12(7-14(10)15)11(2)16-8-13(18)9-17(3)4/h5-7,11,13,16,18H,8-9H2,1-4H3. The van der Waals surface area contributed by atoms with Crippen molar-refractivity contribution in [3.63, 3.8) is 0 Å².